The summed E-state index contributed by atoms with van der Waals surface area (Å²) in [5.74, 6) is -0.122. The molecular weight excluding hydrogens is 326 g/mol. The molecule has 3 heterocycles. The fourth-order valence-corrected chi connectivity index (χ4v) is 4.35. The standard InChI is InChI=1S/C21H19N3O2/c1-12-8-9-16-14(10-12)15-11-17-20(25)23(2)21(26)24(17)19(18(15)22-16)13-6-4-3-5-7-13/h3-10,17,19,22H,11H2,1-2H3. The van der Waals surface area contributed by atoms with E-state index in [4.69, 9.17) is 0 Å². The number of nitrogens with one attached hydrogen (secondary N) is 1. The molecule has 1 fully saturated rings. The number of imide groups is 1. The first-order valence-electron chi connectivity index (χ1n) is 8.82. The number of aromatic nitrogens is 1. The number of carbonyl (C=O) groups is 2. The van der Waals surface area contributed by atoms with Gasteiger partial charge in [0.25, 0.3) is 5.91 Å². The van der Waals surface area contributed by atoms with Gasteiger partial charge in [0.2, 0.25) is 0 Å². The molecule has 3 amide bonds. The Morgan fingerprint density at radius 3 is 2.62 bits per heavy atom. The van der Waals surface area contributed by atoms with Gasteiger partial charge in [-0.15, -0.1) is 0 Å². The minimum absolute atomic E-state index is 0.122. The number of H-pyrrole nitrogens is 1. The lowest BCUT2D eigenvalue weighted by molar-refractivity contribution is -0.127. The van der Waals surface area contributed by atoms with E-state index in [1.807, 2.05) is 30.3 Å². The van der Waals surface area contributed by atoms with Gasteiger partial charge in [-0.25, -0.2) is 4.79 Å². The molecule has 5 heteroatoms. The van der Waals surface area contributed by atoms with Crippen LogP contribution in [-0.4, -0.2) is 39.8 Å². The van der Waals surface area contributed by atoms with Crippen LogP contribution in [0, 0.1) is 6.92 Å². The van der Waals surface area contributed by atoms with Crippen LogP contribution in [0.25, 0.3) is 10.9 Å². The van der Waals surface area contributed by atoms with Crippen molar-refractivity contribution >= 4 is 22.8 Å². The van der Waals surface area contributed by atoms with Crippen molar-refractivity contribution in [3.8, 4) is 0 Å². The fourth-order valence-electron chi connectivity index (χ4n) is 4.35. The molecule has 5 nitrogen and oxygen atoms in total. The molecular formula is C21H19N3O2. The van der Waals surface area contributed by atoms with Crippen molar-refractivity contribution in [1.29, 1.82) is 0 Å². The monoisotopic (exact) mass is 345 g/mol. The van der Waals surface area contributed by atoms with Gasteiger partial charge in [-0.2, -0.15) is 0 Å². The van der Waals surface area contributed by atoms with Gasteiger partial charge in [-0.05, 0) is 30.2 Å². The van der Waals surface area contributed by atoms with Crippen LogP contribution in [0.1, 0.15) is 28.4 Å². The molecule has 0 bridgehead atoms. The topological polar surface area (TPSA) is 56.4 Å². The molecule has 130 valence electrons. The predicted molar refractivity (Wildman–Crippen MR) is 98.8 cm³/mol. The van der Waals surface area contributed by atoms with Crippen molar-refractivity contribution in [1.82, 2.24) is 14.8 Å². The fraction of sp³-hybridized carbons (Fsp3) is 0.238. The van der Waals surface area contributed by atoms with Gasteiger partial charge in [0, 0.05) is 30.1 Å². The van der Waals surface area contributed by atoms with Gasteiger partial charge >= 0.3 is 6.03 Å². The van der Waals surface area contributed by atoms with Gasteiger partial charge in [-0.3, -0.25) is 14.6 Å². The Kier molecular flexibility index (Phi) is 3.04. The van der Waals surface area contributed by atoms with Gasteiger partial charge in [0.15, 0.2) is 0 Å². The Balaban J connectivity index is 1.79. The van der Waals surface area contributed by atoms with Crippen LogP contribution in [0.2, 0.25) is 0 Å². The Bertz CT molecular complexity index is 1050. The maximum absolute atomic E-state index is 12.8. The number of fused-ring (bicyclic) bond motifs is 4. The molecule has 1 aromatic heterocycles. The average Bonchev–Trinajstić information content (AvgIpc) is 3.12. The maximum atomic E-state index is 12.8. The molecule has 0 saturated carbocycles. The summed E-state index contributed by atoms with van der Waals surface area (Å²) in [6, 6.07) is 15.3. The number of benzene rings is 2. The summed E-state index contributed by atoms with van der Waals surface area (Å²) in [5, 5.41) is 1.15. The number of hydrogen-bond acceptors (Lipinski definition) is 2. The Morgan fingerprint density at radius 1 is 1.08 bits per heavy atom. The molecule has 5 rings (SSSR count). The summed E-state index contributed by atoms with van der Waals surface area (Å²) < 4.78 is 0. The average molecular weight is 345 g/mol. The number of likely N-dealkylation sites (N-methyl/N-ethyl adjacent to an activating group) is 1. The van der Waals surface area contributed by atoms with Gasteiger partial charge < -0.3 is 4.98 Å². The highest BCUT2D eigenvalue weighted by Crippen LogP contribution is 2.43. The van der Waals surface area contributed by atoms with Crippen LogP contribution in [0.15, 0.2) is 48.5 Å². The Morgan fingerprint density at radius 2 is 1.85 bits per heavy atom. The smallest absolute Gasteiger partial charge is 0.328 e. The summed E-state index contributed by atoms with van der Waals surface area (Å²) in [7, 11) is 1.57. The van der Waals surface area contributed by atoms with E-state index in [0.29, 0.717) is 6.42 Å². The third-order valence-corrected chi connectivity index (χ3v) is 5.62. The first-order chi connectivity index (χ1) is 12.6. The Labute approximate surface area is 151 Å². The quantitative estimate of drug-likeness (QED) is 0.688. The third-order valence-electron chi connectivity index (χ3n) is 5.62. The molecule has 2 aliphatic rings. The molecule has 0 radical (unpaired) electrons. The molecule has 2 aromatic carbocycles. The zero-order valence-corrected chi connectivity index (χ0v) is 14.7. The van der Waals surface area contributed by atoms with Crippen molar-refractivity contribution in [2.24, 2.45) is 0 Å². The number of hydrogen-bond donors (Lipinski definition) is 1. The molecule has 1 saturated heterocycles. The SMILES string of the molecule is Cc1ccc2[nH]c3c(c2c1)CC1C(=O)N(C)C(=O)N1C3c1ccccc1. The number of aromatic amines is 1. The summed E-state index contributed by atoms with van der Waals surface area (Å²) in [5.41, 5.74) is 5.41. The predicted octanol–water partition coefficient (Wildman–Crippen LogP) is 3.38. The van der Waals surface area contributed by atoms with E-state index in [9.17, 15) is 9.59 Å². The van der Waals surface area contributed by atoms with Crippen molar-refractivity contribution in [2.75, 3.05) is 7.05 Å². The number of rotatable bonds is 1. The van der Waals surface area contributed by atoms with E-state index >= 15 is 0 Å². The zero-order chi connectivity index (χ0) is 18.0. The minimum Gasteiger partial charge on any atom is -0.356 e. The molecule has 0 aliphatic carbocycles. The van der Waals surface area contributed by atoms with E-state index in [0.717, 1.165) is 27.7 Å². The number of amides is 3. The maximum Gasteiger partial charge on any atom is 0.328 e. The highest BCUT2D eigenvalue weighted by atomic mass is 16.2. The minimum atomic E-state index is -0.440. The second kappa shape index (κ2) is 5.21. The van der Waals surface area contributed by atoms with Gasteiger partial charge in [0.1, 0.15) is 12.1 Å². The van der Waals surface area contributed by atoms with E-state index in [1.54, 1.807) is 11.9 Å². The van der Waals surface area contributed by atoms with Crippen LogP contribution in [0.5, 0.6) is 0 Å². The van der Waals surface area contributed by atoms with Crippen molar-refractivity contribution in [3.05, 3.63) is 70.9 Å². The third kappa shape index (κ3) is 1.91. The van der Waals surface area contributed by atoms with Crippen molar-refractivity contribution < 1.29 is 9.59 Å². The second-order valence-electron chi connectivity index (χ2n) is 7.19. The van der Waals surface area contributed by atoms with E-state index in [1.165, 1.54) is 10.5 Å². The van der Waals surface area contributed by atoms with Crippen LogP contribution in [0.3, 0.4) is 0 Å². The largest absolute Gasteiger partial charge is 0.356 e. The highest BCUT2D eigenvalue weighted by Gasteiger charge is 2.51. The van der Waals surface area contributed by atoms with E-state index in [-0.39, 0.29) is 18.0 Å². The number of carbonyl (C=O) groups excluding carboxylic acids is 2. The lowest BCUT2D eigenvalue weighted by Crippen LogP contribution is -2.44. The van der Waals surface area contributed by atoms with Crippen LogP contribution in [-0.2, 0) is 11.2 Å². The van der Waals surface area contributed by atoms with Gasteiger partial charge in [-0.1, -0.05) is 42.0 Å². The summed E-state index contributed by atoms with van der Waals surface area (Å²) in [6.45, 7) is 2.07. The van der Waals surface area contributed by atoms with E-state index in [2.05, 4.69) is 30.1 Å². The molecule has 2 unspecified atom stereocenters. The van der Waals surface area contributed by atoms with Crippen LogP contribution < -0.4 is 0 Å². The number of nitrogens with zero attached hydrogens (tertiary/aromatic N) is 2. The van der Waals surface area contributed by atoms with Crippen molar-refractivity contribution in [3.63, 3.8) is 0 Å². The molecule has 2 aliphatic heterocycles. The normalized spacial score (nSPS) is 22.1. The van der Waals surface area contributed by atoms with Crippen LogP contribution in [0.4, 0.5) is 4.79 Å². The Hall–Kier alpha value is -3.08. The summed E-state index contributed by atoms with van der Waals surface area (Å²) in [4.78, 5) is 32.1. The molecule has 1 N–H and O–H groups in total. The number of aryl methyl sites for hydroxylation is 1. The number of urea groups is 1. The first kappa shape index (κ1) is 15.2. The molecule has 3 aromatic rings. The molecule has 26 heavy (non-hydrogen) atoms. The summed E-state index contributed by atoms with van der Waals surface area (Å²) >= 11 is 0. The van der Waals surface area contributed by atoms with Gasteiger partial charge in [0.05, 0.1) is 0 Å². The van der Waals surface area contributed by atoms with E-state index < -0.39 is 6.04 Å². The first-order valence-corrected chi connectivity index (χ1v) is 8.82. The lowest BCUT2D eigenvalue weighted by atomic mass is 9.88. The molecule has 2 atom stereocenters. The highest BCUT2D eigenvalue weighted by molar-refractivity contribution is 6.05. The second-order valence-corrected chi connectivity index (χ2v) is 7.19. The van der Waals surface area contributed by atoms with Crippen molar-refractivity contribution in [2.45, 2.75) is 25.4 Å². The summed E-state index contributed by atoms with van der Waals surface area (Å²) in [6.07, 6.45) is 0.553. The van der Waals surface area contributed by atoms with Crippen LogP contribution >= 0.6 is 0 Å². The molecule has 0 spiro atoms. The zero-order valence-electron chi connectivity index (χ0n) is 14.7. The lowest BCUT2D eigenvalue weighted by Gasteiger charge is -2.36.